The molecule has 1 heterocycles. The van der Waals surface area contributed by atoms with Crippen LogP contribution in [0.25, 0.3) is 17.3 Å². The van der Waals surface area contributed by atoms with Crippen LogP contribution in [0.4, 0.5) is 18.3 Å². The third kappa shape index (κ3) is 6.80. The summed E-state index contributed by atoms with van der Waals surface area (Å²) >= 11 is 13.1. The second kappa shape index (κ2) is 10.4. The zero-order valence-corrected chi connectivity index (χ0v) is 19.1. The second-order valence-corrected chi connectivity index (χ2v) is 8.36. The minimum Gasteiger partial charge on any atom is -0.449 e. The van der Waals surface area contributed by atoms with Gasteiger partial charge in [0.05, 0.1) is 21.3 Å². The third-order valence-corrected chi connectivity index (χ3v) is 5.73. The van der Waals surface area contributed by atoms with Crippen molar-refractivity contribution in [3.8, 4) is 11.3 Å². The lowest BCUT2D eigenvalue weighted by Gasteiger charge is -2.11. The number of ether oxygens (including phenoxy) is 1. The molecular weight excluding hydrogens is 500 g/mol. The molecule has 0 fully saturated rings. The number of anilines is 1. The molecule has 0 saturated heterocycles. The van der Waals surface area contributed by atoms with Crippen molar-refractivity contribution in [3.63, 3.8) is 0 Å². The van der Waals surface area contributed by atoms with Gasteiger partial charge in [-0.1, -0.05) is 41.4 Å². The Balaban J connectivity index is 1.57. The van der Waals surface area contributed by atoms with E-state index in [2.05, 4.69) is 10.3 Å². The predicted octanol–water partition coefficient (Wildman–Crippen LogP) is 6.72. The molecule has 0 aliphatic carbocycles. The zero-order chi connectivity index (χ0) is 24.2. The smallest absolute Gasteiger partial charge is 0.416 e. The molecule has 0 aliphatic rings. The number of nitrogens with zero attached hydrogens (tertiary/aromatic N) is 1. The van der Waals surface area contributed by atoms with Gasteiger partial charge in [0.2, 0.25) is 0 Å². The van der Waals surface area contributed by atoms with Gasteiger partial charge in [-0.2, -0.15) is 13.2 Å². The number of amides is 1. The van der Waals surface area contributed by atoms with Crippen molar-refractivity contribution < 1.29 is 27.5 Å². The molecule has 33 heavy (non-hydrogen) atoms. The fourth-order valence-corrected chi connectivity index (χ4v) is 3.60. The first-order chi connectivity index (χ1) is 15.5. The molecular formula is C22H15Cl2F3N2O3S. The normalized spacial score (nSPS) is 12.5. The minimum absolute atomic E-state index is 0.163. The van der Waals surface area contributed by atoms with Gasteiger partial charge < -0.3 is 4.74 Å². The number of carbonyl (C=O) groups is 2. The number of rotatable bonds is 6. The molecule has 0 unspecified atom stereocenters. The van der Waals surface area contributed by atoms with E-state index in [9.17, 15) is 22.8 Å². The highest BCUT2D eigenvalue weighted by molar-refractivity contribution is 7.14. The molecule has 2 aromatic carbocycles. The first-order valence-corrected chi connectivity index (χ1v) is 10.9. The highest BCUT2D eigenvalue weighted by Crippen LogP contribution is 2.31. The van der Waals surface area contributed by atoms with Crippen molar-refractivity contribution >= 4 is 57.6 Å². The zero-order valence-electron chi connectivity index (χ0n) is 16.8. The molecule has 11 heteroatoms. The lowest BCUT2D eigenvalue weighted by Crippen LogP contribution is -2.29. The van der Waals surface area contributed by atoms with Crippen molar-refractivity contribution in [2.75, 3.05) is 5.32 Å². The van der Waals surface area contributed by atoms with Gasteiger partial charge in [0.25, 0.3) is 5.91 Å². The van der Waals surface area contributed by atoms with Crippen LogP contribution < -0.4 is 5.32 Å². The average molecular weight is 515 g/mol. The van der Waals surface area contributed by atoms with Gasteiger partial charge in [0.1, 0.15) is 0 Å². The first-order valence-electron chi connectivity index (χ1n) is 9.30. The number of thiazole rings is 1. The van der Waals surface area contributed by atoms with E-state index in [-0.39, 0.29) is 10.7 Å². The highest BCUT2D eigenvalue weighted by Gasteiger charge is 2.30. The van der Waals surface area contributed by atoms with E-state index in [0.717, 1.165) is 29.5 Å². The Morgan fingerprint density at radius 1 is 1.15 bits per heavy atom. The largest absolute Gasteiger partial charge is 0.449 e. The SMILES string of the molecule is C[C@H](OC(=O)/C=C/c1cccc(C(F)(F)F)c1)C(=O)Nc1nc(-c2ccc(Cl)c(Cl)c2)cs1. The maximum absolute atomic E-state index is 12.8. The summed E-state index contributed by atoms with van der Waals surface area (Å²) in [6.45, 7) is 1.36. The number of esters is 1. The summed E-state index contributed by atoms with van der Waals surface area (Å²) in [7, 11) is 0. The maximum atomic E-state index is 12.8. The summed E-state index contributed by atoms with van der Waals surface area (Å²) in [5.41, 5.74) is 0.605. The predicted molar refractivity (Wildman–Crippen MR) is 122 cm³/mol. The Labute approximate surface area is 200 Å². The van der Waals surface area contributed by atoms with Crippen molar-refractivity contribution in [1.29, 1.82) is 0 Å². The number of hydrogen-bond donors (Lipinski definition) is 1. The van der Waals surface area contributed by atoms with E-state index in [4.69, 9.17) is 27.9 Å². The Hall–Kier alpha value is -2.88. The summed E-state index contributed by atoms with van der Waals surface area (Å²) in [4.78, 5) is 28.6. The molecule has 172 valence electrons. The molecule has 0 saturated carbocycles. The van der Waals surface area contributed by atoms with Crippen molar-refractivity contribution in [3.05, 3.63) is 75.1 Å². The Morgan fingerprint density at radius 2 is 1.91 bits per heavy atom. The van der Waals surface area contributed by atoms with E-state index in [1.807, 2.05) is 0 Å². The molecule has 3 aromatic rings. The summed E-state index contributed by atoms with van der Waals surface area (Å²) < 4.78 is 43.3. The number of alkyl halides is 3. The summed E-state index contributed by atoms with van der Waals surface area (Å²) in [5, 5.41) is 5.31. The average Bonchev–Trinajstić information content (AvgIpc) is 3.22. The fourth-order valence-electron chi connectivity index (χ4n) is 2.58. The first kappa shape index (κ1) is 24.8. The van der Waals surface area contributed by atoms with Gasteiger partial charge >= 0.3 is 12.1 Å². The van der Waals surface area contributed by atoms with Crippen molar-refractivity contribution in [2.24, 2.45) is 0 Å². The Bertz CT molecular complexity index is 1210. The number of benzene rings is 2. The molecule has 0 bridgehead atoms. The quantitative estimate of drug-likeness (QED) is 0.292. The van der Waals surface area contributed by atoms with E-state index < -0.39 is 29.7 Å². The maximum Gasteiger partial charge on any atom is 0.416 e. The van der Waals surface area contributed by atoms with Gasteiger partial charge in [0.15, 0.2) is 11.2 Å². The molecule has 1 amide bonds. The number of hydrogen-bond acceptors (Lipinski definition) is 5. The summed E-state index contributed by atoms with van der Waals surface area (Å²) in [6, 6.07) is 9.46. The number of nitrogens with one attached hydrogen (secondary N) is 1. The number of aromatic nitrogens is 1. The molecule has 5 nitrogen and oxygen atoms in total. The van der Waals surface area contributed by atoms with Crippen LogP contribution in [0.1, 0.15) is 18.1 Å². The molecule has 1 atom stereocenters. The van der Waals surface area contributed by atoms with Gasteiger partial charge in [-0.15, -0.1) is 11.3 Å². The van der Waals surface area contributed by atoms with E-state index in [1.165, 1.54) is 25.1 Å². The van der Waals surface area contributed by atoms with Crippen LogP contribution in [0.5, 0.6) is 0 Å². The van der Waals surface area contributed by atoms with Crippen molar-refractivity contribution in [1.82, 2.24) is 4.98 Å². The minimum atomic E-state index is -4.49. The van der Waals surface area contributed by atoms with Crippen LogP contribution >= 0.6 is 34.5 Å². The van der Waals surface area contributed by atoms with Gasteiger partial charge in [-0.05, 0) is 42.8 Å². The molecule has 1 aromatic heterocycles. The third-order valence-electron chi connectivity index (χ3n) is 4.24. The fraction of sp³-hybridized carbons (Fsp3) is 0.136. The van der Waals surface area contributed by atoms with E-state index >= 15 is 0 Å². The lowest BCUT2D eigenvalue weighted by atomic mass is 10.1. The highest BCUT2D eigenvalue weighted by atomic mass is 35.5. The van der Waals surface area contributed by atoms with E-state index in [0.29, 0.717) is 21.3 Å². The molecule has 3 rings (SSSR count). The number of halogens is 5. The Morgan fingerprint density at radius 3 is 2.61 bits per heavy atom. The van der Waals surface area contributed by atoms with Crippen LogP contribution in [0, 0.1) is 0 Å². The molecule has 0 radical (unpaired) electrons. The topological polar surface area (TPSA) is 68.3 Å². The molecule has 0 spiro atoms. The van der Waals surface area contributed by atoms with E-state index in [1.54, 1.807) is 23.6 Å². The van der Waals surface area contributed by atoms with Crippen LogP contribution in [0.2, 0.25) is 10.0 Å². The van der Waals surface area contributed by atoms with Crippen LogP contribution in [-0.2, 0) is 20.5 Å². The van der Waals surface area contributed by atoms with Crippen molar-refractivity contribution in [2.45, 2.75) is 19.2 Å². The monoisotopic (exact) mass is 514 g/mol. The summed E-state index contributed by atoms with van der Waals surface area (Å²) in [5.74, 6) is -1.50. The number of carbonyl (C=O) groups excluding carboxylic acids is 2. The van der Waals surface area contributed by atoms with Crippen LogP contribution in [-0.4, -0.2) is 23.0 Å². The van der Waals surface area contributed by atoms with Crippen LogP contribution in [0.3, 0.4) is 0 Å². The van der Waals surface area contributed by atoms with Crippen LogP contribution in [0.15, 0.2) is 53.9 Å². The molecule has 0 aliphatic heterocycles. The Kier molecular flexibility index (Phi) is 7.78. The van der Waals surface area contributed by atoms with Gasteiger partial charge in [0, 0.05) is 17.0 Å². The van der Waals surface area contributed by atoms with Gasteiger partial charge in [-0.3, -0.25) is 10.1 Å². The van der Waals surface area contributed by atoms with Gasteiger partial charge in [-0.25, -0.2) is 9.78 Å². The standard InChI is InChI=1S/C22H15Cl2F3N2O3S/c1-12(32-19(30)8-5-13-3-2-4-15(9-13)22(25,26)27)20(31)29-21-28-18(11-33-21)14-6-7-16(23)17(24)10-14/h2-12H,1H3,(H,28,29,31)/b8-5+/t12-/m0/s1. The molecule has 1 N–H and O–H groups in total. The second-order valence-electron chi connectivity index (χ2n) is 6.69. The lowest BCUT2D eigenvalue weighted by molar-refractivity contribution is -0.148. The summed E-state index contributed by atoms with van der Waals surface area (Å²) in [6.07, 6.45) is -3.54.